The van der Waals surface area contributed by atoms with E-state index in [1.807, 2.05) is 127 Å². The lowest BCUT2D eigenvalue weighted by Crippen LogP contribution is -2.07. The van der Waals surface area contributed by atoms with E-state index in [1.165, 1.54) is 51.7 Å². The number of fused-ring (bicyclic) bond motifs is 1. The minimum Gasteiger partial charge on any atom is -0.263 e. The van der Waals surface area contributed by atoms with Crippen LogP contribution in [-0.4, -0.2) is 26.3 Å². The average Bonchev–Trinajstić information content (AvgIpc) is 0.807. The summed E-state index contributed by atoms with van der Waals surface area (Å²) < 4.78 is 76.8. The second-order valence-electron chi connectivity index (χ2n) is 31.4. The van der Waals surface area contributed by atoms with E-state index >= 15 is 0 Å². The summed E-state index contributed by atoms with van der Waals surface area (Å²) in [6, 6.07) is 65.6. The van der Waals surface area contributed by atoms with Crippen molar-refractivity contribution in [2.45, 2.75) is 235 Å². The molecule has 115 heavy (non-hydrogen) atoms. The fourth-order valence-corrected chi connectivity index (χ4v) is 14.7. The first-order valence-electron chi connectivity index (χ1n) is 39.1. The molecule has 0 radical (unpaired) electrons. The van der Waals surface area contributed by atoms with Crippen LogP contribution < -0.4 is 0 Å². The van der Waals surface area contributed by atoms with Gasteiger partial charge in [0, 0.05) is 67.2 Å². The Morgan fingerprint density at radius 3 is 1.23 bits per heavy atom. The second kappa shape index (κ2) is 52.4. The second-order valence-corrected chi connectivity index (χ2v) is 37.1. The van der Waals surface area contributed by atoms with Gasteiger partial charge in [-0.3, -0.25) is 14.2 Å². The summed E-state index contributed by atoms with van der Waals surface area (Å²) in [6.45, 7) is 47.0. The Kier molecular flexibility index (Phi) is 47.6. The first kappa shape index (κ1) is 105. The molecule has 0 aliphatic carbocycles. The minimum atomic E-state index is -2.73. The maximum absolute atomic E-state index is 13.0. The molecule has 0 saturated carbocycles. The van der Waals surface area contributed by atoms with E-state index in [2.05, 4.69) is 209 Å². The highest BCUT2D eigenvalue weighted by atomic mass is 79.9. The zero-order chi connectivity index (χ0) is 87.4. The van der Waals surface area contributed by atoms with Gasteiger partial charge in [-0.2, -0.15) is 0 Å². The maximum Gasteiger partial charge on any atom is 0.270 e. The van der Waals surface area contributed by atoms with E-state index in [4.69, 9.17) is 69.6 Å². The van der Waals surface area contributed by atoms with Crippen LogP contribution in [-0.2, 0) is 15.4 Å². The predicted octanol–water partition coefficient (Wildman–Crippen LogP) is 35.1. The summed E-state index contributed by atoms with van der Waals surface area (Å²) in [5, 5.41) is 6.87. The SMILES string of the molecule is C=S(C)(=O)c1ccccc1C(C)C.CC(C)c1c(F)cccc1Cl.CC(C)c1cc(Cl)ccc1Cl.CC(C)c1cc(F)cc(F)c1.CC(C)c1cccc(C(C)(F)F)c1.CC(C)c1cccc(C(C)C)c1.CC(C)c1cccc(Cl)c1Cl.CC(C)c1cccc2ccccc12.CC(C)c1ncccc1Br.CC(C)c1ncccc1Cl. The van der Waals surface area contributed by atoms with Crippen molar-refractivity contribution < 1.29 is 26.2 Å². The number of alkyl halides is 2. The Hall–Kier alpha value is -6.57. The van der Waals surface area contributed by atoms with Gasteiger partial charge >= 0.3 is 0 Å². The van der Waals surface area contributed by atoms with Gasteiger partial charge < -0.3 is 0 Å². The number of hydrogen-bond acceptors (Lipinski definition) is 3. The van der Waals surface area contributed by atoms with Crippen molar-refractivity contribution in [1.29, 1.82) is 0 Å². The average molecular weight is 1780 g/mol. The Balaban J connectivity index is 0.000000434. The smallest absolute Gasteiger partial charge is 0.263 e. The zero-order valence-electron chi connectivity index (χ0n) is 71.7. The molecule has 2 heterocycles. The number of rotatable bonds is 13. The van der Waals surface area contributed by atoms with Crippen LogP contribution >= 0.6 is 85.5 Å². The number of pyridine rings is 2. The van der Waals surface area contributed by atoms with Gasteiger partial charge in [0.1, 0.15) is 17.5 Å². The zero-order valence-corrected chi connectivity index (χ0v) is 78.6. The van der Waals surface area contributed by atoms with Crippen LogP contribution in [0.2, 0.25) is 30.1 Å². The van der Waals surface area contributed by atoms with E-state index < -0.39 is 27.1 Å². The summed E-state index contributed by atoms with van der Waals surface area (Å²) in [4.78, 5) is 9.27. The highest BCUT2D eigenvalue weighted by molar-refractivity contribution is 9.10. The number of hydrogen-bond donors (Lipinski definition) is 0. The van der Waals surface area contributed by atoms with E-state index in [1.54, 1.807) is 48.9 Å². The molecule has 16 heteroatoms. The van der Waals surface area contributed by atoms with Crippen molar-refractivity contribution in [3.05, 3.63) is 344 Å². The largest absolute Gasteiger partial charge is 0.270 e. The lowest BCUT2D eigenvalue weighted by atomic mass is 9.96. The summed E-state index contributed by atoms with van der Waals surface area (Å²) in [6.07, 6.45) is 5.27. The topological polar surface area (TPSA) is 42.9 Å². The van der Waals surface area contributed by atoms with Gasteiger partial charge in [-0.05, 0) is 237 Å². The molecule has 0 aliphatic rings. The normalized spacial score (nSPS) is 11.4. The molecule has 0 aliphatic heterocycles. The van der Waals surface area contributed by atoms with E-state index in [0.717, 1.165) is 71.1 Å². The minimum absolute atomic E-state index is 0.0960. The van der Waals surface area contributed by atoms with Crippen LogP contribution in [0.3, 0.4) is 0 Å². The number of aromatic nitrogens is 2. The van der Waals surface area contributed by atoms with E-state index in [0.29, 0.717) is 79.5 Å². The van der Waals surface area contributed by atoms with Crippen molar-refractivity contribution in [2.75, 3.05) is 6.26 Å². The first-order valence-corrected chi connectivity index (χ1v) is 44.3. The number of halogens is 12. The standard InChI is InChI=1S/C13H14.C12H18.C11H14F2.C11H16OS.2C9H10Cl2.C9H10ClF.C9H10F2.C8H10BrN.C8H10ClN/c1-10(2)12-9-5-7-11-6-3-4-8-13(11)12;1-9(2)11-6-5-7-12(8-11)10(3)4;1-8(2)9-5-4-6-10(7-9)11(3,12)13;1-9(2)10-7-5-6-8-11(10)13(3,4)12;1-6(2)8-5-7(10)3-4-9(8)11;1-6(2)7-4-3-5-8(10)9(7)11;1-6(2)9-7(10)4-3-5-8(9)11;1-6(2)7-3-8(10)5-9(11)4-7;2*1-6(2)8-7(9)4-3-5-10-8/h3-10H,1-2H3;5-10H,1-4H3;4-8H,1-3H3;5-9H,3H2,1-2,4H3;4*3-6H,1-2H3;2*3-6H,1-2H3. The third-order valence-electron chi connectivity index (χ3n) is 17.7. The Bertz CT molecular complexity index is 4680. The number of benzene rings is 9. The van der Waals surface area contributed by atoms with Crippen LogP contribution in [0.1, 0.15) is 291 Å². The van der Waals surface area contributed by atoms with E-state index in [-0.39, 0.29) is 23.2 Å². The van der Waals surface area contributed by atoms with Gasteiger partial charge in [-0.25, -0.2) is 22.0 Å². The molecule has 1 atom stereocenters. The number of nitrogens with zero attached hydrogens (tertiary/aromatic N) is 2. The summed E-state index contributed by atoms with van der Waals surface area (Å²) in [7, 11) is -2.08. The molecule has 0 spiro atoms. The fourth-order valence-electron chi connectivity index (χ4n) is 11.1. The van der Waals surface area contributed by atoms with Crippen molar-refractivity contribution in [1.82, 2.24) is 9.97 Å². The van der Waals surface area contributed by atoms with Crippen molar-refractivity contribution >= 4 is 112 Å². The molecular weight excluding hydrogens is 1650 g/mol. The van der Waals surface area contributed by atoms with Gasteiger partial charge in [0.2, 0.25) is 0 Å². The molecule has 0 fully saturated rings. The molecule has 0 N–H and O–H groups in total. The molecule has 0 amide bonds. The molecule has 11 aromatic rings. The molecule has 11 rings (SSSR count). The predicted molar refractivity (Wildman–Crippen MR) is 499 cm³/mol. The Labute approximate surface area is 727 Å². The maximum atomic E-state index is 13.0. The Morgan fingerprint density at radius 1 is 0.374 bits per heavy atom. The molecule has 624 valence electrons. The monoisotopic (exact) mass is 1770 g/mol. The molecular formula is C99H122BrCl6F5N2OS. The van der Waals surface area contributed by atoms with E-state index in [9.17, 15) is 26.2 Å². The molecule has 2 aromatic heterocycles. The van der Waals surface area contributed by atoms with Gasteiger partial charge in [0.15, 0.2) is 0 Å². The molecule has 0 bridgehead atoms. The lowest BCUT2D eigenvalue weighted by Gasteiger charge is -2.13. The highest BCUT2D eigenvalue weighted by Crippen LogP contribution is 2.34. The van der Waals surface area contributed by atoms with Crippen LogP contribution in [0.5, 0.6) is 0 Å². The van der Waals surface area contributed by atoms with Gasteiger partial charge in [-0.1, -0.05) is 343 Å². The van der Waals surface area contributed by atoms with Gasteiger partial charge in [0.25, 0.3) is 5.92 Å². The van der Waals surface area contributed by atoms with Crippen LogP contribution in [0, 0.1) is 17.5 Å². The van der Waals surface area contributed by atoms with Crippen LogP contribution in [0.25, 0.3) is 10.8 Å². The molecule has 1 unspecified atom stereocenters. The molecule has 0 saturated heterocycles. The van der Waals surface area contributed by atoms with Crippen molar-refractivity contribution in [3.8, 4) is 0 Å². The first-order chi connectivity index (χ1) is 53.6. The summed E-state index contributed by atoms with van der Waals surface area (Å²) >= 11 is 38.6. The summed E-state index contributed by atoms with van der Waals surface area (Å²) in [5.41, 5.74) is 12.2. The van der Waals surface area contributed by atoms with Gasteiger partial charge in [-0.15, -0.1) is 0 Å². The van der Waals surface area contributed by atoms with Gasteiger partial charge in [0.05, 0.1) is 26.5 Å². The molecule has 3 nitrogen and oxygen atoms in total. The van der Waals surface area contributed by atoms with Crippen LogP contribution in [0.15, 0.2) is 234 Å². The summed E-state index contributed by atoms with van der Waals surface area (Å²) in [5.74, 6) is 4.42. The Morgan fingerprint density at radius 2 is 0.800 bits per heavy atom. The lowest BCUT2D eigenvalue weighted by molar-refractivity contribution is 0.0174. The van der Waals surface area contributed by atoms with Crippen molar-refractivity contribution in [2.24, 2.45) is 0 Å². The highest BCUT2D eigenvalue weighted by Gasteiger charge is 2.24. The van der Waals surface area contributed by atoms with Crippen molar-refractivity contribution in [3.63, 3.8) is 0 Å². The third kappa shape index (κ3) is 38.4. The third-order valence-corrected chi connectivity index (χ3v) is 21.8. The fraction of sp³-hybridized carbons (Fsp3) is 0.364. The van der Waals surface area contributed by atoms with Crippen LogP contribution in [0.4, 0.5) is 22.0 Å². The quantitative estimate of drug-likeness (QED) is 0.0853. The molecule has 9 aromatic carbocycles.